The van der Waals surface area contributed by atoms with Crippen molar-refractivity contribution >= 4 is 26.6 Å². The Kier molecular flexibility index (Phi) is 3.84. The fraction of sp³-hybridized carbons (Fsp3) is 0.400. The van der Waals surface area contributed by atoms with Crippen molar-refractivity contribution in [1.29, 1.82) is 0 Å². The van der Waals surface area contributed by atoms with Gasteiger partial charge in [-0.3, -0.25) is 4.79 Å². The molecule has 0 saturated heterocycles. The van der Waals surface area contributed by atoms with Crippen LogP contribution in [0.4, 0.5) is 0 Å². The van der Waals surface area contributed by atoms with E-state index in [1.54, 1.807) is 7.05 Å². The molecule has 0 aliphatic heterocycles. The first kappa shape index (κ1) is 15.6. The number of fused-ring (bicyclic) bond motifs is 1. The summed E-state index contributed by atoms with van der Waals surface area (Å²) >= 11 is 0. The normalized spacial score (nSPS) is 12.6. The first-order valence-corrected chi connectivity index (χ1v) is 8.54. The Bertz CT molecular complexity index is 775. The van der Waals surface area contributed by atoms with Crippen LogP contribution in [0.2, 0.25) is 0 Å². The number of hydrogen-bond acceptors (Lipinski definition) is 3. The van der Waals surface area contributed by atoms with Gasteiger partial charge in [-0.2, -0.15) is 0 Å². The molecule has 0 radical (unpaired) electrons. The van der Waals surface area contributed by atoms with Gasteiger partial charge in [-0.25, -0.2) is 8.42 Å². The number of rotatable bonds is 4. The number of amides is 1. The number of benzene rings is 1. The number of sulfone groups is 1. The Morgan fingerprint density at radius 2 is 1.95 bits per heavy atom. The first-order chi connectivity index (χ1) is 9.64. The lowest BCUT2D eigenvalue weighted by Crippen LogP contribution is -2.48. The Morgan fingerprint density at radius 3 is 2.57 bits per heavy atom. The van der Waals surface area contributed by atoms with Crippen LogP contribution in [0, 0.1) is 0 Å². The minimum Gasteiger partial charge on any atom is -0.361 e. The number of nitrogens with zero attached hydrogens (tertiary/aromatic N) is 1. The predicted molar refractivity (Wildman–Crippen MR) is 83.7 cm³/mol. The highest BCUT2D eigenvalue weighted by atomic mass is 32.2. The van der Waals surface area contributed by atoms with Crippen LogP contribution in [0.15, 0.2) is 30.5 Å². The molecule has 1 heterocycles. The zero-order valence-corrected chi connectivity index (χ0v) is 13.5. The van der Waals surface area contributed by atoms with Gasteiger partial charge in [0.2, 0.25) is 5.91 Å². The van der Waals surface area contributed by atoms with E-state index >= 15 is 0 Å². The van der Waals surface area contributed by atoms with Crippen molar-refractivity contribution in [2.75, 3.05) is 13.3 Å². The topological polar surface area (TPSA) is 70.2 Å². The molecule has 0 spiro atoms. The van der Waals surface area contributed by atoms with Gasteiger partial charge in [0.25, 0.3) is 0 Å². The number of hydrogen-bond donors (Lipinski definition) is 1. The van der Waals surface area contributed by atoms with E-state index in [-0.39, 0.29) is 0 Å². The van der Waals surface area contributed by atoms with Crippen molar-refractivity contribution in [1.82, 2.24) is 9.88 Å². The molecule has 21 heavy (non-hydrogen) atoms. The lowest BCUT2D eigenvalue weighted by atomic mass is 10.1. The third kappa shape index (κ3) is 2.81. The molecule has 6 heteroatoms. The zero-order valence-electron chi connectivity index (χ0n) is 12.7. The molecule has 2 aromatic rings. The maximum absolute atomic E-state index is 12.4. The third-order valence-corrected chi connectivity index (χ3v) is 5.91. The monoisotopic (exact) mass is 308 g/mol. The van der Waals surface area contributed by atoms with E-state index in [1.165, 1.54) is 18.7 Å². The summed E-state index contributed by atoms with van der Waals surface area (Å²) < 4.78 is 22.1. The van der Waals surface area contributed by atoms with Gasteiger partial charge >= 0.3 is 0 Å². The highest BCUT2D eigenvalue weighted by molar-refractivity contribution is 7.92. The first-order valence-electron chi connectivity index (χ1n) is 6.65. The summed E-state index contributed by atoms with van der Waals surface area (Å²) in [6.07, 6.45) is 2.93. The average molecular weight is 308 g/mol. The predicted octanol–water partition coefficient (Wildman–Crippen LogP) is 1.95. The molecule has 2 rings (SSSR count). The molecule has 0 aliphatic rings. The van der Waals surface area contributed by atoms with E-state index in [0.717, 1.165) is 22.7 Å². The Hall–Kier alpha value is -1.82. The van der Waals surface area contributed by atoms with Crippen LogP contribution in [0.5, 0.6) is 0 Å². The van der Waals surface area contributed by atoms with Crippen molar-refractivity contribution in [3.63, 3.8) is 0 Å². The van der Waals surface area contributed by atoms with Crippen LogP contribution in [0.3, 0.4) is 0 Å². The zero-order chi connectivity index (χ0) is 15.8. The number of aromatic amines is 1. The fourth-order valence-corrected chi connectivity index (χ4v) is 2.71. The van der Waals surface area contributed by atoms with Crippen molar-refractivity contribution in [2.24, 2.45) is 0 Å². The number of H-pyrrole nitrogens is 1. The third-order valence-electron chi connectivity index (χ3n) is 3.88. The highest BCUT2D eigenvalue weighted by Crippen LogP contribution is 2.22. The van der Waals surface area contributed by atoms with Crippen LogP contribution in [0.25, 0.3) is 10.9 Å². The Balaban J connectivity index is 2.28. The lowest BCUT2D eigenvalue weighted by Gasteiger charge is -2.28. The molecule has 0 bridgehead atoms. The number of carbonyl (C=O) groups excluding carboxylic acids is 1. The van der Waals surface area contributed by atoms with Crippen LogP contribution in [0.1, 0.15) is 19.4 Å². The quantitative estimate of drug-likeness (QED) is 0.938. The molecular weight excluding hydrogens is 288 g/mol. The number of carbonyl (C=O) groups is 1. The summed E-state index contributed by atoms with van der Waals surface area (Å²) in [5.41, 5.74) is 1.98. The second-order valence-corrected chi connectivity index (χ2v) is 8.36. The molecule has 1 amide bonds. The van der Waals surface area contributed by atoms with E-state index in [2.05, 4.69) is 4.98 Å². The summed E-state index contributed by atoms with van der Waals surface area (Å²) in [6.45, 7) is 3.25. The SMILES string of the molecule is CN(Cc1cccc2[nH]ccc12)C(=O)C(C)(C)S(C)(=O)=O. The smallest absolute Gasteiger partial charge is 0.243 e. The fourth-order valence-electron chi connectivity index (χ4n) is 2.23. The van der Waals surface area contributed by atoms with Gasteiger partial charge in [-0.05, 0) is 31.5 Å². The van der Waals surface area contributed by atoms with E-state index in [4.69, 9.17) is 0 Å². The van der Waals surface area contributed by atoms with Gasteiger partial charge in [0.15, 0.2) is 9.84 Å². The minimum atomic E-state index is -3.47. The van der Waals surface area contributed by atoms with Gasteiger partial charge in [0.05, 0.1) is 0 Å². The van der Waals surface area contributed by atoms with Gasteiger partial charge in [0.1, 0.15) is 4.75 Å². The summed E-state index contributed by atoms with van der Waals surface area (Å²) in [5.74, 6) is -0.405. The molecule has 5 nitrogen and oxygen atoms in total. The molecule has 1 N–H and O–H groups in total. The summed E-state index contributed by atoms with van der Waals surface area (Å²) in [5, 5.41) is 1.04. The Morgan fingerprint density at radius 1 is 1.29 bits per heavy atom. The van der Waals surface area contributed by atoms with E-state index < -0.39 is 20.5 Å². The van der Waals surface area contributed by atoms with E-state index in [0.29, 0.717) is 6.54 Å². The van der Waals surface area contributed by atoms with Crippen LogP contribution in [-0.4, -0.2) is 42.3 Å². The van der Waals surface area contributed by atoms with Crippen molar-refractivity contribution in [2.45, 2.75) is 25.1 Å². The standard InChI is InChI=1S/C15H20N2O3S/c1-15(2,21(4,19)20)14(18)17(3)10-11-6-5-7-13-12(11)8-9-16-13/h5-9,16H,10H2,1-4H3. The number of nitrogens with one attached hydrogen (secondary N) is 1. The van der Waals surface area contributed by atoms with Gasteiger partial charge in [0, 0.05) is 36.9 Å². The minimum absolute atomic E-state index is 0.368. The van der Waals surface area contributed by atoms with Crippen LogP contribution < -0.4 is 0 Å². The largest absolute Gasteiger partial charge is 0.361 e. The second-order valence-electron chi connectivity index (χ2n) is 5.80. The van der Waals surface area contributed by atoms with Crippen molar-refractivity contribution in [3.8, 4) is 0 Å². The maximum atomic E-state index is 12.4. The molecule has 0 atom stereocenters. The Labute approximate surface area is 124 Å². The maximum Gasteiger partial charge on any atom is 0.243 e. The molecular formula is C15H20N2O3S. The molecule has 0 fully saturated rings. The summed E-state index contributed by atoms with van der Waals surface area (Å²) in [4.78, 5) is 17.0. The average Bonchev–Trinajstić information content (AvgIpc) is 2.85. The summed E-state index contributed by atoms with van der Waals surface area (Å²) in [7, 11) is -1.84. The molecule has 0 aliphatic carbocycles. The molecule has 0 saturated carbocycles. The second kappa shape index (κ2) is 5.18. The van der Waals surface area contributed by atoms with E-state index in [1.807, 2.05) is 30.5 Å². The molecule has 0 unspecified atom stereocenters. The summed E-state index contributed by atoms with van der Waals surface area (Å²) in [6, 6.07) is 7.76. The number of aromatic nitrogens is 1. The highest BCUT2D eigenvalue weighted by Gasteiger charge is 2.40. The lowest BCUT2D eigenvalue weighted by molar-refractivity contribution is -0.132. The van der Waals surface area contributed by atoms with Crippen LogP contribution in [-0.2, 0) is 21.2 Å². The van der Waals surface area contributed by atoms with Gasteiger partial charge in [-0.15, -0.1) is 0 Å². The van der Waals surface area contributed by atoms with Gasteiger partial charge < -0.3 is 9.88 Å². The molecule has 114 valence electrons. The van der Waals surface area contributed by atoms with Crippen molar-refractivity contribution < 1.29 is 13.2 Å². The van der Waals surface area contributed by atoms with Crippen molar-refractivity contribution in [3.05, 3.63) is 36.0 Å². The molecule has 1 aromatic carbocycles. The van der Waals surface area contributed by atoms with Crippen LogP contribution >= 0.6 is 0 Å². The van der Waals surface area contributed by atoms with Gasteiger partial charge in [-0.1, -0.05) is 12.1 Å². The molecule has 1 aromatic heterocycles. The van der Waals surface area contributed by atoms with E-state index in [9.17, 15) is 13.2 Å².